The zero-order chi connectivity index (χ0) is 13.0. The Morgan fingerprint density at radius 3 is 2.72 bits per heavy atom. The van der Waals surface area contributed by atoms with Crippen molar-refractivity contribution < 1.29 is 0 Å². The summed E-state index contributed by atoms with van der Waals surface area (Å²) in [6, 6.07) is 6.08. The van der Waals surface area contributed by atoms with Crippen LogP contribution in [0.25, 0.3) is 0 Å². The van der Waals surface area contributed by atoms with E-state index in [1.807, 2.05) is 18.3 Å². The molecule has 0 radical (unpaired) electrons. The Hall–Kier alpha value is -0.930. The second-order valence-electron chi connectivity index (χ2n) is 5.88. The molecule has 2 rings (SSSR count). The third kappa shape index (κ3) is 3.09. The zero-order valence-electron chi connectivity index (χ0n) is 11.6. The molecule has 100 valence electrons. The molecule has 3 heteroatoms. The fourth-order valence-electron chi connectivity index (χ4n) is 2.64. The number of pyridine rings is 1. The van der Waals surface area contributed by atoms with Crippen molar-refractivity contribution in [2.75, 3.05) is 13.6 Å². The maximum absolute atomic E-state index is 6.03. The maximum Gasteiger partial charge on any atom is 0.0544 e. The number of nitrogens with zero attached hydrogens (tertiary/aromatic N) is 2. The Morgan fingerprint density at radius 1 is 1.44 bits per heavy atom. The van der Waals surface area contributed by atoms with Gasteiger partial charge in [0.05, 0.1) is 5.69 Å². The highest BCUT2D eigenvalue weighted by Gasteiger charge is 2.33. The van der Waals surface area contributed by atoms with Crippen LogP contribution in [0.1, 0.15) is 38.3 Å². The van der Waals surface area contributed by atoms with Crippen LogP contribution in [0, 0.1) is 5.92 Å². The molecule has 1 saturated carbocycles. The number of nitrogens with two attached hydrogens (primary N) is 1. The molecule has 18 heavy (non-hydrogen) atoms. The number of likely N-dealkylation sites (N-methyl/N-ethyl adjacent to an activating group) is 1. The van der Waals surface area contributed by atoms with Gasteiger partial charge in [0.15, 0.2) is 0 Å². The van der Waals surface area contributed by atoms with E-state index in [2.05, 4.69) is 29.9 Å². The summed E-state index contributed by atoms with van der Waals surface area (Å²) in [5.74, 6) is 0.879. The highest BCUT2D eigenvalue weighted by molar-refractivity contribution is 5.04. The Bertz CT molecular complexity index is 361. The van der Waals surface area contributed by atoms with Gasteiger partial charge in [-0.1, -0.05) is 25.3 Å². The first kappa shape index (κ1) is 13.5. The molecule has 1 aliphatic carbocycles. The largest absolute Gasteiger partial charge is 0.329 e. The van der Waals surface area contributed by atoms with Crippen molar-refractivity contribution in [2.45, 2.75) is 44.7 Å². The van der Waals surface area contributed by atoms with Crippen LogP contribution >= 0.6 is 0 Å². The highest BCUT2D eigenvalue weighted by atomic mass is 15.2. The fourth-order valence-corrected chi connectivity index (χ4v) is 2.64. The molecule has 0 spiro atoms. The quantitative estimate of drug-likeness (QED) is 0.839. The molecule has 0 aromatic carbocycles. The van der Waals surface area contributed by atoms with Gasteiger partial charge in [0, 0.05) is 24.8 Å². The van der Waals surface area contributed by atoms with Crippen molar-refractivity contribution in [3.05, 3.63) is 30.1 Å². The molecule has 0 saturated heterocycles. The molecule has 0 bridgehead atoms. The second-order valence-corrected chi connectivity index (χ2v) is 5.88. The molecule has 1 aliphatic rings. The summed E-state index contributed by atoms with van der Waals surface area (Å²) in [6.45, 7) is 3.88. The van der Waals surface area contributed by atoms with Gasteiger partial charge in [-0.2, -0.15) is 0 Å². The molecule has 3 nitrogen and oxygen atoms in total. The van der Waals surface area contributed by atoms with Crippen LogP contribution in [-0.2, 0) is 6.54 Å². The Balaban J connectivity index is 1.97. The monoisotopic (exact) mass is 247 g/mol. The van der Waals surface area contributed by atoms with Gasteiger partial charge in [-0.05, 0) is 38.4 Å². The van der Waals surface area contributed by atoms with Crippen molar-refractivity contribution in [3.63, 3.8) is 0 Å². The summed E-state index contributed by atoms with van der Waals surface area (Å²) in [6.07, 6.45) is 7.23. The van der Waals surface area contributed by atoms with Crippen LogP contribution in [-0.4, -0.2) is 29.0 Å². The van der Waals surface area contributed by atoms with Gasteiger partial charge < -0.3 is 5.73 Å². The van der Waals surface area contributed by atoms with Crippen molar-refractivity contribution in [1.82, 2.24) is 9.88 Å². The summed E-state index contributed by atoms with van der Waals surface area (Å²) in [5, 5.41) is 0. The number of rotatable bonds is 6. The summed E-state index contributed by atoms with van der Waals surface area (Å²) in [5.41, 5.74) is 7.25. The molecule has 1 aromatic rings. The lowest BCUT2D eigenvalue weighted by molar-refractivity contribution is 0.0846. The third-order valence-electron chi connectivity index (χ3n) is 4.44. The smallest absolute Gasteiger partial charge is 0.0544 e. The highest BCUT2D eigenvalue weighted by Crippen LogP contribution is 2.35. The van der Waals surface area contributed by atoms with Gasteiger partial charge in [0.25, 0.3) is 0 Å². The second kappa shape index (κ2) is 5.81. The van der Waals surface area contributed by atoms with E-state index >= 15 is 0 Å². The van der Waals surface area contributed by atoms with Crippen LogP contribution in [0.15, 0.2) is 24.4 Å². The molecular formula is C15H25N3. The molecular weight excluding hydrogens is 222 g/mol. The van der Waals surface area contributed by atoms with E-state index < -0.39 is 0 Å². The van der Waals surface area contributed by atoms with E-state index in [1.165, 1.54) is 25.7 Å². The number of aromatic nitrogens is 1. The minimum atomic E-state index is 0.0998. The van der Waals surface area contributed by atoms with Gasteiger partial charge in [-0.25, -0.2) is 0 Å². The van der Waals surface area contributed by atoms with E-state index in [0.717, 1.165) is 18.2 Å². The Morgan fingerprint density at radius 2 is 2.22 bits per heavy atom. The molecule has 0 amide bonds. The molecule has 2 N–H and O–H groups in total. The normalized spacial score (nSPS) is 19.6. The maximum atomic E-state index is 6.03. The molecule has 1 atom stereocenters. The molecule has 1 heterocycles. The fraction of sp³-hybridized carbons (Fsp3) is 0.667. The Kier molecular flexibility index (Phi) is 4.36. The predicted octanol–water partition coefficient (Wildman–Crippen LogP) is 2.42. The lowest BCUT2D eigenvalue weighted by Crippen LogP contribution is -2.51. The first-order chi connectivity index (χ1) is 8.64. The molecule has 1 fully saturated rings. The summed E-state index contributed by atoms with van der Waals surface area (Å²) >= 11 is 0. The van der Waals surface area contributed by atoms with E-state index in [4.69, 9.17) is 5.73 Å². The minimum absolute atomic E-state index is 0.0998. The van der Waals surface area contributed by atoms with Gasteiger partial charge in [-0.15, -0.1) is 0 Å². The third-order valence-corrected chi connectivity index (χ3v) is 4.44. The topological polar surface area (TPSA) is 42.2 Å². The van der Waals surface area contributed by atoms with Crippen molar-refractivity contribution in [1.29, 1.82) is 0 Å². The molecule has 0 aliphatic heterocycles. The van der Waals surface area contributed by atoms with Gasteiger partial charge >= 0.3 is 0 Å². The summed E-state index contributed by atoms with van der Waals surface area (Å²) in [4.78, 5) is 6.77. The van der Waals surface area contributed by atoms with Gasteiger partial charge in [-0.3, -0.25) is 9.88 Å². The average Bonchev–Trinajstić information content (AvgIpc) is 2.35. The van der Waals surface area contributed by atoms with Crippen molar-refractivity contribution >= 4 is 0 Å². The van der Waals surface area contributed by atoms with Gasteiger partial charge in [0.1, 0.15) is 0 Å². The van der Waals surface area contributed by atoms with Crippen LogP contribution in [0.3, 0.4) is 0 Å². The van der Waals surface area contributed by atoms with E-state index in [1.54, 1.807) is 0 Å². The lowest BCUT2D eigenvalue weighted by Gasteiger charge is -2.42. The van der Waals surface area contributed by atoms with Crippen LogP contribution < -0.4 is 5.73 Å². The van der Waals surface area contributed by atoms with Gasteiger partial charge in [0.2, 0.25) is 0 Å². The summed E-state index contributed by atoms with van der Waals surface area (Å²) in [7, 11) is 2.17. The summed E-state index contributed by atoms with van der Waals surface area (Å²) < 4.78 is 0. The SMILES string of the molecule is CN(Cc1ccccn1)C(C)(CN)CC1CCC1. The molecule has 1 aromatic heterocycles. The predicted molar refractivity (Wildman–Crippen MR) is 75.1 cm³/mol. The number of hydrogen-bond donors (Lipinski definition) is 1. The van der Waals surface area contributed by atoms with E-state index in [0.29, 0.717) is 6.54 Å². The lowest BCUT2D eigenvalue weighted by atomic mass is 9.76. The first-order valence-corrected chi connectivity index (χ1v) is 6.95. The van der Waals surface area contributed by atoms with Crippen molar-refractivity contribution in [2.24, 2.45) is 11.7 Å². The van der Waals surface area contributed by atoms with E-state index in [9.17, 15) is 0 Å². The minimum Gasteiger partial charge on any atom is -0.329 e. The van der Waals surface area contributed by atoms with Crippen LogP contribution in [0.2, 0.25) is 0 Å². The first-order valence-electron chi connectivity index (χ1n) is 6.95. The van der Waals surface area contributed by atoms with Crippen LogP contribution in [0.4, 0.5) is 0 Å². The standard InChI is InChI=1S/C15H25N3/c1-15(12-16,10-13-6-5-7-13)18(2)11-14-8-3-4-9-17-14/h3-4,8-9,13H,5-7,10-12,16H2,1-2H3. The number of hydrogen-bond acceptors (Lipinski definition) is 3. The zero-order valence-corrected chi connectivity index (χ0v) is 11.6. The van der Waals surface area contributed by atoms with Crippen molar-refractivity contribution in [3.8, 4) is 0 Å². The average molecular weight is 247 g/mol. The Labute approximate surface area is 110 Å². The van der Waals surface area contributed by atoms with Crippen LogP contribution in [0.5, 0.6) is 0 Å². The van der Waals surface area contributed by atoms with E-state index in [-0.39, 0.29) is 5.54 Å². The molecule has 1 unspecified atom stereocenters.